The van der Waals surface area contributed by atoms with Crippen molar-refractivity contribution in [2.45, 2.75) is 25.9 Å². The summed E-state index contributed by atoms with van der Waals surface area (Å²) < 4.78 is 13.6. The van der Waals surface area contributed by atoms with Gasteiger partial charge in [-0.3, -0.25) is 0 Å². The van der Waals surface area contributed by atoms with Crippen molar-refractivity contribution in [2.75, 3.05) is 0 Å². The fourth-order valence-corrected chi connectivity index (χ4v) is 1.65. The molecule has 2 N–H and O–H groups in total. The van der Waals surface area contributed by atoms with Gasteiger partial charge in [0, 0.05) is 4.47 Å². The molecule has 1 aromatic carbocycles. The lowest BCUT2D eigenvalue weighted by molar-refractivity contribution is 0.184. The van der Waals surface area contributed by atoms with E-state index < -0.39 is 11.9 Å². The summed E-state index contributed by atoms with van der Waals surface area (Å²) in [5, 5.41) is 18.4. The van der Waals surface area contributed by atoms with Crippen molar-refractivity contribution in [1.82, 2.24) is 0 Å². The maximum absolute atomic E-state index is 13.0. The third-order valence-corrected chi connectivity index (χ3v) is 2.40. The van der Waals surface area contributed by atoms with Crippen molar-refractivity contribution in [2.24, 2.45) is 0 Å². The summed E-state index contributed by atoms with van der Waals surface area (Å²) in [5.41, 5.74) is 0.512. The lowest BCUT2D eigenvalue weighted by atomic mass is 10.1. The first-order valence-corrected chi connectivity index (χ1v) is 5.15. The van der Waals surface area contributed by atoms with Gasteiger partial charge in [0.15, 0.2) is 11.6 Å². The lowest BCUT2D eigenvalue weighted by Gasteiger charge is -2.07. The van der Waals surface area contributed by atoms with E-state index in [1.807, 2.05) is 0 Å². The number of benzene rings is 1. The van der Waals surface area contributed by atoms with Crippen molar-refractivity contribution >= 4 is 15.9 Å². The Morgan fingerprint density at radius 3 is 2.71 bits per heavy atom. The van der Waals surface area contributed by atoms with Crippen LogP contribution in [0.5, 0.6) is 5.75 Å². The molecule has 0 radical (unpaired) electrons. The van der Waals surface area contributed by atoms with Crippen LogP contribution in [0.3, 0.4) is 0 Å². The monoisotopic (exact) mass is 262 g/mol. The highest BCUT2D eigenvalue weighted by atomic mass is 79.9. The van der Waals surface area contributed by atoms with Gasteiger partial charge in [-0.25, -0.2) is 4.39 Å². The van der Waals surface area contributed by atoms with Crippen LogP contribution in [0.4, 0.5) is 4.39 Å². The number of hydrogen-bond donors (Lipinski definition) is 2. The van der Waals surface area contributed by atoms with Gasteiger partial charge in [0.1, 0.15) is 0 Å². The van der Waals surface area contributed by atoms with Gasteiger partial charge in [0.05, 0.1) is 6.10 Å². The van der Waals surface area contributed by atoms with E-state index in [2.05, 4.69) is 15.9 Å². The second kappa shape index (κ2) is 4.75. The molecule has 1 aromatic rings. The van der Waals surface area contributed by atoms with Gasteiger partial charge in [-0.1, -0.05) is 15.9 Å². The molecular weight excluding hydrogens is 251 g/mol. The van der Waals surface area contributed by atoms with E-state index in [0.717, 1.165) is 0 Å². The van der Waals surface area contributed by atoms with Crippen molar-refractivity contribution in [1.29, 1.82) is 0 Å². The van der Waals surface area contributed by atoms with E-state index in [9.17, 15) is 9.50 Å². The van der Waals surface area contributed by atoms with Crippen molar-refractivity contribution in [3.05, 3.63) is 28.0 Å². The second-order valence-electron chi connectivity index (χ2n) is 3.28. The fourth-order valence-electron chi connectivity index (χ4n) is 1.17. The molecule has 0 fully saturated rings. The molecule has 1 atom stereocenters. The number of aryl methyl sites for hydroxylation is 1. The minimum atomic E-state index is -0.639. The summed E-state index contributed by atoms with van der Waals surface area (Å²) in [6, 6.07) is 2.86. The van der Waals surface area contributed by atoms with E-state index in [1.54, 1.807) is 13.0 Å². The molecule has 14 heavy (non-hydrogen) atoms. The Labute approximate surface area is 90.5 Å². The third kappa shape index (κ3) is 2.96. The first-order chi connectivity index (χ1) is 6.50. The largest absolute Gasteiger partial charge is 0.505 e. The number of aliphatic hydroxyl groups is 1. The third-order valence-electron chi connectivity index (χ3n) is 1.94. The molecule has 0 aliphatic heterocycles. The van der Waals surface area contributed by atoms with E-state index in [4.69, 9.17) is 5.11 Å². The molecule has 0 aliphatic carbocycles. The lowest BCUT2D eigenvalue weighted by Crippen LogP contribution is -2.02. The molecule has 1 rings (SSSR count). The number of phenolic OH excluding ortho intramolecular Hbond substituents is 1. The standard InChI is InChI=1S/C10H12BrFO2/c1-6(13)2-3-7-4-8(11)5-9(12)10(7)14/h4-6,13-14H,2-3H2,1H3/t6-/m0/s1. The number of hydrogen-bond acceptors (Lipinski definition) is 2. The molecule has 0 amide bonds. The van der Waals surface area contributed by atoms with Crippen LogP contribution in [0.15, 0.2) is 16.6 Å². The first-order valence-electron chi connectivity index (χ1n) is 4.35. The molecular formula is C10H12BrFO2. The number of aliphatic hydroxyl groups excluding tert-OH is 1. The normalized spacial score (nSPS) is 12.9. The van der Waals surface area contributed by atoms with Gasteiger partial charge >= 0.3 is 0 Å². The smallest absolute Gasteiger partial charge is 0.166 e. The summed E-state index contributed by atoms with van der Waals surface area (Å²) in [6.07, 6.45) is 0.514. The minimum Gasteiger partial charge on any atom is -0.505 e. The number of rotatable bonds is 3. The van der Waals surface area contributed by atoms with Gasteiger partial charge in [-0.05, 0) is 37.5 Å². The average molecular weight is 263 g/mol. The van der Waals surface area contributed by atoms with E-state index in [-0.39, 0.29) is 5.75 Å². The van der Waals surface area contributed by atoms with Gasteiger partial charge < -0.3 is 10.2 Å². The molecule has 0 aliphatic rings. The topological polar surface area (TPSA) is 40.5 Å². The summed E-state index contributed by atoms with van der Waals surface area (Å²) in [6.45, 7) is 1.66. The molecule has 0 aromatic heterocycles. The highest BCUT2D eigenvalue weighted by Crippen LogP contribution is 2.27. The zero-order valence-electron chi connectivity index (χ0n) is 7.80. The van der Waals surface area contributed by atoms with E-state index >= 15 is 0 Å². The molecule has 0 saturated carbocycles. The minimum absolute atomic E-state index is 0.325. The van der Waals surface area contributed by atoms with Crippen molar-refractivity contribution in [3.63, 3.8) is 0 Å². The Kier molecular flexibility index (Phi) is 3.89. The zero-order chi connectivity index (χ0) is 10.7. The van der Waals surface area contributed by atoms with Crippen LogP contribution in [0.25, 0.3) is 0 Å². The number of halogens is 2. The van der Waals surface area contributed by atoms with Gasteiger partial charge in [-0.15, -0.1) is 0 Å². The van der Waals surface area contributed by atoms with Gasteiger partial charge in [0.2, 0.25) is 0 Å². The van der Waals surface area contributed by atoms with E-state index in [1.165, 1.54) is 6.07 Å². The highest BCUT2D eigenvalue weighted by molar-refractivity contribution is 9.10. The molecule has 0 unspecified atom stereocenters. The molecule has 0 spiro atoms. The van der Waals surface area contributed by atoms with Crippen LogP contribution >= 0.6 is 15.9 Å². The summed E-state index contributed by atoms with van der Waals surface area (Å²) in [7, 11) is 0. The average Bonchev–Trinajstić information content (AvgIpc) is 2.08. The Morgan fingerprint density at radius 1 is 1.50 bits per heavy atom. The van der Waals surface area contributed by atoms with Crippen LogP contribution < -0.4 is 0 Å². The second-order valence-corrected chi connectivity index (χ2v) is 4.20. The van der Waals surface area contributed by atoms with Crippen LogP contribution in [0.1, 0.15) is 18.9 Å². The zero-order valence-corrected chi connectivity index (χ0v) is 9.38. The molecule has 78 valence electrons. The van der Waals surface area contributed by atoms with Crippen molar-refractivity contribution in [3.8, 4) is 5.75 Å². The predicted molar refractivity (Wildman–Crippen MR) is 55.8 cm³/mol. The van der Waals surface area contributed by atoms with Gasteiger partial charge in [-0.2, -0.15) is 0 Å². The molecule has 0 saturated heterocycles. The Balaban J connectivity index is 2.85. The maximum Gasteiger partial charge on any atom is 0.166 e. The summed E-state index contributed by atoms with van der Waals surface area (Å²) >= 11 is 3.14. The Hall–Kier alpha value is -0.610. The summed E-state index contributed by atoms with van der Waals surface area (Å²) in [5.74, 6) is -0.964. The molecule has 4 heteroatoms. The van der Waals surface area contributed by atoms with Crippen molar-refractivity contribution < 1.29 is 14.6 Å². The predicted octanol–water partition coefficient (Wildman–Crippen LogP) is 2.61. The quantitative estimate of drug-likeness (QED) is 0.880. The first kappa shape index (κ1) is 11.5. The van der Waals surface area contributed by atoms with Crippen LogP contribution in [-0.4, -0.2) is 16.3 Å². The van der Waals surface area contributed by atoms with Crippen LogP contribution in [-0.2, 0) is 6.42 Å². The highest BCUT2D eigenvalue weighted by Gasteiger charge is 2.09. The SMILES string of the molecule is C[C@H](O)CCc1cc(Br)cc(F)c1O. The number of aromatic hydroxyl groups is 1. The Bertz CT molecular complexity index is 326. The number of phenols is 1. The summed E-state index contributed by atoms with van der Waals surface area (Å²) in [4.78, 5) is 0. The molecule has 2 nitrogen and oxygen atoms in total. The molecule has 0 heterocycles. The van der Waals surface area contributed by atoms with Gasteiger partial charge in [0.25, 0.3) is 0 Å². The van der Waals surface area contributed by atoms with E-state index in [0.29, 0.717) is 22.9 Å². The molecule has 0 bridgehead atoms. The maximum atomic E-state index is 13.0. The fraction of sp³-hybridized carbons (Fsp3) is 0.400. The van der Waals surface area contributed by atoms with Crippen LogP contribution in [0.2, 0.25) is 0 Å². The van der Waals surface area contributed by atoms with Crippen LogP contribution in [0, 0.1) is 5.82 Å². The Morgan fingerprint density at radius 2 is 2.14 bits per heavy atom.